The monoisotopic (exact) mass is 462 g/mol. The zero-order chi connectivity index (χ0) is 23.6. The Labute approximate surface area is 190 Å². The molecule has 3 rings (SSSR count). The molecule has 0 spiro atoms. The van der Waals surface area contributed by atoms with Crippen LogP contribution < -0.4 is 15.1 Å². The Kier molecular flexibility index (Phi) is 6.71. The first-order valence-corrected chi connectivity index (χ1v) is 10.2. The molecule has 2 amide bonds. The van der Waals surface area contributed by atoms with Crippen molar-refractivity contribution in [2.24, 2.45) is 5.10 Å². The number of fused-ring (bicyclic) bond motifs is 1. The van der Waals surface area contributed by atoms with Crippen LogP contribution in [0.1, 0.15) is 29.8 Å². The SMILES string of the molecule is CN(C)/C(CO)=N\N(C=O)c1ccc(C(=O)Nc2c(F)cccc2Cl)c2c1CC(C)(C)O2. The van der Waals surface area contributed by atoms with Crippen molar-refractivity contribution in [2.75, 3.05) is 31.0 Å². The topological polar surface area (TPSA) is 94.5 Å². The normalized spacial score (nSPS) is 14.4. The smallest absolute Gasteiger partial charge is 0.259 e. The molecule has 1 aliphatic heterocycles. The first kappa shape index (κ1) is 23.5. The van der Waals surface area contributed by atoms with Gasteiger partial charge in [0.1, 0.15) is 23.8 Å². The number of amides is 2. The number of carbonyl (C=O) groups is 2. The molecule has 8 nitrogen and oxygen atoms in total. The van der Waals surface area contributed by atoms with Crippen LogP contribution in [-0.4, -0.2) is 54.5 Å². The molecule has 0 aliphatic carbocycles. The second-order valence-corrected chi connectivity index (χ2v) is 8.46. The molecule has 10 heteroatoms. The van der Waals surface area contributed by atoms with Gasteiger partial charge in [-0.1, -0.05) is 17.7 Å². The fraction of sp³-hybridized carbons (Fsp3) is 0.318. The molecule has 1 heterocycles. The number of aliphatic hydroxyl groups excluding tert-OH is 1. The molecular weight excluding hydrogens is 439 g/mol. The minimum atomic E-state index is -0.665. The van der Waals surface area contributed by atoms with Gasteiger partial charge in [0.05, 0.1) is 22.0 Å². The lowest BCUT2D eigenvalue weighted by molar-refractivity contribution is -0.107. The second kappa shape index (κ2) is 9.13. The van der Waals surface area contributed by atoms with Gasteiger partial charge in [-0.2, -0.15) is 0 Å². The van der Waals surface area contributed by atoms with Crippen LogP contribution in [-0.2, 0) is 11.2 Å². The van der Waals surface area contributed by atoms with Gasteiger partial charge in [0.2, 0.25) is 6.41 Å². The highest BCUT2D eigenvalue weighted by molar-refractivity contribution is 6.34. The van der Waals surface area contributed by atoms with Crippen LogP contribution in [0.5, 0.6) is 5.75 Å². The number of nitrogens with one attached hydrogen (secondary N) is 1. The maximum atomic E-state index is 14.1. The van der Waals surface area contributed by atoms with E-state index in [9.17, 15) is 19.1 Å². The Morgan fingerprint density at radius 3 is 2.66 bits per heavy atom. The van der Waals surface area contributed by atoms with Crippen LogP contribution in [0.3, 0.4) is 0 Å². The molecule has 0 radical (unpaired) electrons. The number of likely N-dealkylation sites (N-methyl/N-ethyl adjacent to an activating group) is 1. The van der Waals surface area contributed by atoms with Crippen LogP contribution in [0.25, 0.3) is 0 Å². The molecule has 170 valence electrons. The van der Waals surface area contributed by atoms with Crippen molar-refractivity contribution in [2.45, 2.75) is 25.9 Å². The molecule has 0 bridgehead atoms. The summed E-state index contributed by atoms with van der Waals surface area (Å²) in [7, 11) is 3.38. The quantitative estimate of drug-likeness (QED) is 0.297. The minimum absolute atomic E-state index is 0.0644. The summed E-state index contributed by atoms with van der Waals surface area (Å²) in [5, 5.41) is 17.4. The maximum absolute atomic E-state index is 14.1. The Bertz CT molecular complexity index is 1070. The summed E-state index contributed by atoms with van der Waals surface area (Å²) in [5.41, 5.74) is 0.386. The summed E-state index contributed by atoms with van der Waals surface area (Å²) < 4.78 is 20.2. The number of ether oxygens (including phenoxy) is 1. The molecule has 2 aromatic carbocycles. The van der Waals surface area contributed by atoms with Gasteiger partial charge in [0.25, 0.3) is 5.91 Å². The summed E-state index contributed by atoms with van der Waals surface area (Å²) in [5.74, 6) is -0.736. The lowest BCUT2D eigenvalue weighted by atomic mass is 9.98. The lowest BCUT2D eigenvalue weighted by Gasteiger charge is -2.20. The first-order chi connectivity index (χ1) is 15.1. The number of carbonyl (C=O) groups excluding carboxylic acids is 2. The molecule has 0 saturated heterocycles. The average Bonchev–Trinajstić information content (AvgIpc) is 3.05. The standard InChI is InChI=1S/C22H24ClFN4O4/c1-22(2)10-14-17(28(12-30)26-18(11-29)27(3)4)9-8-13(20(14)32-22)21(31)25-19-15(23)6-5-7-16(19)24/h5-9,12,29H,10-11H2,1-4H3,(H,25,31)/b26-18-. The third-order valence-corrected chi connectivity index (χ3v) is 5.20. The van der Waals surface area contributed by atoms with Gasteiger partial charge < -0.3 is 20.1 Å². The molecule has 0 aromatic heterocycles. The molecule has 32 heavy (non-hydrogen) atoms. The third kappa shape index (κ3) is 4.68. The fourth-order valence-corrected chi connectivity index (χ4v) is 3.57. The predicted molar refractivity (Wildman–Crippen MR) is 121 cm³/mol. The number of amidine groups is 1. The van der Waals surface area contributed by atoms with Crippen molar-refractivity contribution in [1.29, 1.82) is 0 Å². The van der Waals surface area contributed by atoms with Crippen LogP contribution >= 0.6 is 11.6 Å². The summed E-state index contributed by atoms with van der Waals surface area (Å²) >= 11 is 6.03. The van der Waals surface area contributed by atoms with Gasteiger partial charge in [-0.25, -0.2) is 9.40 Å². The average molecular weight is 463 g/mol. The van der Waals surface area contributed by atoms with Crippen molar-refractivity contribution < 1.29 is 23.8 Å². The number of hydrogen-bond donors (Lipinski definition) is 2. The Balaban J connectivity index is 2.06. The predicted octanol–water partition coefficient (Wildman–Crippen LogP) is 3.28. The van der Waals surface area contributed by atoms with E-state index >= 15 is 0 Å². The van der Waals surface area contributed by atoms with E-state index in [1.54, 1.807) is 25.1 Å². The van der Waals surface area contributed by atoms with Crippen LogP contribution in [0.4, 0.5) is 15.8 Å². The minimum Gasteiger partial charge on any atom is -0.486 e. The van der Waals surface area contributed by atoms with Crippen LogP contribution in [0.15, 0.2) is 35.4 Å². The van der Waals surface area contributed by atoms with E-state index in [4.69, 9.17) is 16.3 Å². The summed E-state index contributed by atoms with van der Waals surface area (Å²) in [4.78, 5) is 26.4. The third-order valence-electron chi connectivity index (χ3n) is 4.89. The van der Waals surface area contributed by atoms with Gasteiger partial charge in [0, 0.05) is 26.1 Å². The molecule has 0 fully saturated rings. The second-order valence-electron chi connectivity index (χ2n) is 8.05. The Hall–Kier alpha value is -3.17. The number of para-hydroxylation sites is 1. The maximum Gasteiger partial charge on any atom is 0.259 e. The Morgan fingerprint density at radius 1 is 1.34 bits per heavy atom. The van der Waals surface area contributed by atoms with Gasteiger partial charge in [0.15, 0.2) is 5.84 Å². The lowest BCUT2D eigenvalue weighted by Crippen LogP contribution is -2.30. The number of nitrogens with zero attached hydrogens (tertiary/aromatic N) is 3. The van der Waals surface area contributed by atoms with Crippen LogP contribution in [0, 0.1) is 5.82 Å². The summed E-state index contributed by atoms with van der Waals surface area (Å²) in [6, 6.07) is 7.13. The van der Waals surface area contributed by atoms with E-state index in [1.165, 1.54) is 24.3 Å². The largest absolute Gasteiger partial charge is 0.486 e. The molecule has 2 aromatic rings. The number of aliphatic hydroxyl groups is 1. The van der Waals surface area contributed by atoms with E-state index in [2.05, 4.69) is 10.4 Å². The number of anilines is 2. The molecular formula is C22H24ClFN4O4. The molecule has 0 unspecified atom stereocenters. The molecule has 0 atom stereocenters. The van der Waals surface area contributed by atoms with Crippen molar-refractivity contribution >= 4 is 41.1 Å². The molecule has 0 saturated carbocycles. The highest BCUT2D eigenvalue weighted by Crippen LogP contribution is 2.43. The van der Waals surface area contributed by atoms with Gasteiger partial charge in [-0.3, -0.25) is 9.59 Å². The van der Waals surface area contributed by atoms with E-state index in [-0.39, 0.29) is 34.5 Å². The van der Waals surface area contributed by atoms with E-state index in [0.29, 0.717) is 24.1 Å². The zero-order valence-electron chi connectivity index (χ0n) is 18.1. The molecule has 1 aliphatic rings. The highest BCUT2D eigenvalue weighted by atomic mass is 35.5. The number of hydrogen-bond acceptors (Lipinski definition) is 5. The van der Waals surface area contributed by atoms with Crippen LogP contribution in [0.2, 0.25) is 5.02 Å². The highest BCUT2D eigenvalue weighted by Gasteiger charge is 2.36. The van der Waals surface area contributed by atoms with Crippen molar-refractivity contribution in [1.82, 2.24) is 4.90 Å². The zero-order valence-corrected chi connectivity index (χ0v) is 18.9. The van der Waals surface area contributed by atoms with Crippen molar-refractivity contribution in [3.8, 4) is 5.75 Å². The van der Waals surface area contributed by atoms with Gasteiger partial charge in [-0.05, 0) is 38.1 Å². The summed E-state index contributed by atoms with van der Waals surface area (Å²) in [6.45, 7) is 3.32. The van der Waals surface area contributed by atoms with Gasteiger partial charge in [-0.15, -0.1) is 5.10 Å². The van der Waals surface area contributed by atoms with Crippen molar-refractivity contribution in [3.63, 3.8) is 0 Å². The Morgan fingerprint density at radius 2 is 2.06 bits per heavy atom. The van der Waals surface area contributed by atoms with E-state index in [1.807, 2.05) is 13.8 Å². The van der Waals surface area contributed by atoms with E-state index < -0.39 is 17.3 Å². The van der Waals surface area contributed by atoms with E-state index in [0.717, 1.165) is 5.01 Å². The van der Waals surface area contributed by atoms with Crippen molar-refractivity contribution in [3.05, 3.63) is 52.3 Å². The number of halogens is 2. The summed E-state index contributed by atoms with van der Waals surface area (Å²) in [6.07, 6.45) is 0.911. The number of hydrazone groups is 1. The number of benzene rings is 2. The first-order valence-electron chi connectivity index (χ1n) is 9.78. The fourth-order valence-electron chi connectivity index (χ4n) is 3.36. The number of rotatable bonds is 6. The van der Waals surface area contributed by atoms with Gasteiger partial charge >= 0.3 is 0 Å². The molecule has 2 N–H and O–H groups in total.